The highest BCUT2D eigenvalue weighted by atomic mass is 32.2. The van der Waals surface area contributed by atoms with Crippen LogP contribution >= 0.6 is 0 Å². The molecule has 4 aromatic rings. The van der Waals surface area contributed by atoms with Crippen LogP contribution in [0.1, 0.15) is 17.2 Å². The van der Waals surface area contributed by atoms with Crippen molar-refractivity contribution in [1.29, 1.82) is 0 Å². The predicted molar refractivity (Wildman–Crippen MR) is 128 cm³/mol. The topological polar surface area (TPSA) is 84.2 Å². The molecule has 1 saturated heterocycles. The van der Waals surface area contributed by atoms with Crippen molar-refractivity contribution in [1.82, 2.24) is 23.8 Å². The Morgan fingerprint density at radius 2 is 1.52 bits per heavy atom. The lowest BCUT2D eigenvalue weighted by atomic mass is 10.1. The van der Waals surface area contributed by atoms with Gasteiger partial charge in [0.25, 0.3) is 0 Å². The number of nitrogens with zero attached hydrogens (tertiary/aromatic N) is 6. The maximum Gasteiger partial charge on any atom is 0.243 e. The SMILES string of the molecule is Cc1nc(N2CCN(S(=O)(=O)c3ccc4ccccc4c3)CC2)cc(-n2cnc(C)c2C)n1. The number of anilines is 1. The lowest BCUT2D eigenvalue weighted by Crippen LogP contribution is -2.49. The Balaban J connectivity index is 1.36. The fraction of sp³-hybridized carbons (Fsp3) is 0.292. The number of aryl methyl sites for hydroxylation is 2. The standard InChI is InChI=1S/C24H26N6O2S/c1-17-18(2)30(16-25-17)24-15-23(26-19(3)27-24)28-10-12-29(13-11-28)33(31,32)22-9-8-20-6-4-5-7-21(20)14-22/h4-9,14-16H,10-13H2,1-3H3. The average Bonchev–Trinajstić information content (AvgIpc) is 3.16. The van der Waals surface area contributed by atoms with E-state index in [9.17, 15) is 8.42 Å². The molecule has 2 aromatic carbocycles. The summed E-state index contributed by atoms with van der Waals surface area (Å²) in [7, 11) is -3.56. The van der Waals surface area contributed by atoms with Gasteiger partial charge in [0.2, 0.25) is 10.0 Å². The van der Waals surface area contributed by atoms with Crippen LogP contribution < -0.4 is 4.90 Å². The van der Waals surface area contributed by atoms with Gasteiger partial charge in [0, 0.05) is 37.9 Å². The summed E-state index contributed by atoms with van der Waals surface area (Å²) >= 11 is 0. The predicted octanol–water partition coefficient (Wildman–Crippen LogP) is 3.25. The van der Waals surface area contributed by atoms with E-state index < -0.39 is 10.0 Å². The fourth-order valence-corrected chi connectivity index (χ4v) is 5.64. The van der Waals surface area contributed by atoms with Gasteiger partial charge in [0.1, 0.15) is 23.8 Å². The van der Waals surface area contributed by atoms with Crippen LogP contribution in [-0.2, 0) is 10.0 Å². The summed E-state index contributed by atoms with van der Waals surface area (Å²) in [5, 5.41) is 1.95. The van der Waals surface area contributed by atoms with E-state index in [0.717, 1.165) is 33.8 Å². The molecular weight excluding hydrogens is 436 g/mol. The molecule has 8 nitrogen and oxygen atoms in total. The minimum absolute atomic E-state index is 0.334. The second kappa shape index (κ2) is 8.24. The van der Waals surface area contributed by atoms with Crippen LogP contribution in [0.2, 0.25) is 0 Å². The molecule has 1 fully saturated rings. The highest BCUT2D eigenvalue weighted by molar-refractivity contribution is 7.89. The van der Waals surface area contributed by atoms with Gasteiger partial charge in [-0.1, -0.05) is 30.3 Å². The van der Waals surface area contributed by atoms with Crippen LogP contribution in [0.3, 0.4) is 0 Å². The third kappa shape index (κ3) is 3.98. The minimum atomic E-state index is -3.56. The first-order valence-electron chi connectivity index (χ1n) is 10.9. The summed E-state index contributed by atoms with van der Waals surface area (Å²) in [6, 6.07) is 15.0. The van der Waals surface area contributed by atoms with Gasteiger partial charge in [-0.25, -0.2) is 23.4 Å². The normalized spacial score (nSPS) is 15.3. The molecule has 0 saturated carbocycles. The fourth-order valence-electron chi connectivity index (χ4n) is 4.19. The van der Waals surface area contributed by atoms with Gasteiger partial charge in [0.05, 0.1) is 10.6 Å². The van der Waals surface area contributed by atoms with Crippen molar-refractivity contribution >= 4 is 26.6 Å². The number of fused-ring (bicyclic) bond motifs is 1. The van der Waals surface area contributed by atoms with Crippen LogP contribution in [0.4, 0.5) is 5.82 Å². The first kappa shape index (κ1) is 21.5. The Morgan fingerprint density at radius 3 is 2.21 bits per heavy atom. The largest absolute Gasteiger partial charge is 0.354 e. The number of hydrogen-bond acceptors (Lipinski definition) is 6. The molecule has 3 heterocycles. The lowest BCUT2D eigenvalue weighted by molar-refractivity contribution is 0.383. The molecule has 33 heavy (non-hydrogen) atoms. The molecule has 0 spiro atoms. The molecule has 0 aliphatic carbocycles. The Kier molecular flexibility index (Phi) is 5.38. The second-order valence-electron chi connectivity index (χ2n) is 8.32. The second-order valence-corrected chi connectivity index (χ2v) is 10.3. The number of rotatable bonds is 4. The molecule has 1 aliphatic heterocycles. The van der Waals surface area contributed by atoms with Gasteiger partial charge in [-0.3, -0.25) is 4.57 Å². The Bertz CT molecular complexity index is 1440. The van der Waals surface area contributed by atoms with Gasteiger partial charge in [-0.15, -0.1) is 0 Å². The van der Waals surface area contributed by atoms with E-state index in [4.69, 9.17) is 0 Å². The summed E-state index contributed by atoms with van der Waals surface area (Å²) in [6.45, 7) is 7.77. The average molecular weight is 463 g/mol. The van der Waals surface area contributed by atoms with Gasteiger partial charge in [0.15, 0.2) is 0 Å². The van der Waals surface area contributed by atoms with E-state index in [2.05, 4.69) is 19.9 Å². The zero-order chi connectivity index (χ0) is 23.2. The summed E-state index contributed by atoms with van der Waals surface area (Å²) in [6.07, 6.45) is 1.77. The molecule has 9 heteroatoms. The van der Waals surface area contributed by atoms with E-state index >= 15 is 0 Å². The van der Waals surface area contributed by atoms with E-state index in [0.29, 0.717) is 36.9 Å². The van der Waals surface area contributed by atoms with Gasteiger partial charge >= 0.3 is 0 Å². The molecule has 2 aromatic heterocycles. The molecule has 0 N–H and O–H groups in total. The molecule has 5 rings (SSSR count). The molecule has 0 unspecified atom stereocenters. The van der Waals surface area contributed by atoms with Crippen molar-refractivity contribution in [3.63, 3.8) is 0 Å². The molecule has 0 bridgehead atoms. The number of hydrogen-bond donors (Lipinski definition) is 0. The number of piperazine rings is 1. The summed E-state index contributed by atoms with van der Waals surface area (Å²) in [4.78, 5) is 16.0. The van der Waals surface area contributed by atoms with Crippen LogP contribution in [0.15, 0.2) is 59.8 Å². The first-order chi connectivity index (χ1) is 15.8. The number of imidazole rings is 1. The third-order valence-electron chi connectivity index (χ3n) is 6.23. The summed E-state index contributed by atoms with van der Waals surface area (Å²) in [5.74, 6) is 2.23. The van der Waals surface area contributed by atoms with Crippen molar-refractivity contribution in [3.8, 4) is 5.82 Å². The van der Waals surface area contributed by atoms with Crippen molar-refractivity contribution in [3.05, 3.63) is 72.1 Å². The minimum Gasteiger partial charge on any atom is -0.354 e. The molecule has 1 aliphatic rings. The zero-order valence-electron chi connectivity index (χ0n) is 18.9. The van der Waals surface area contributed by atoms with E-state index in [1.807, 2.05) is 61.7 Å². The highest BCUT2D eigenvalue weighted by Crippen LogP contribution is 2.25. The third-order valence-corrected chi connectivity index (χ3v) is 8.13. The Labute approximate surface area is 193 Å². The van der Waals surface area contributed by atoms with Crippen LogP contribution in [0.25, 0.3) is 16.6 Å². The maximum absolute atomic E-state index is 13.3. The monoisotopic (exact) mass is 462 g/mol. The summed E-state index contributed by atoms with van der Waals surface area (Å²) < 4.78 is 30.1. The van der Waals surface area contributed by atoms with Crippen LogP contribution in [-0.4, -0.2) is 58.4 Å². The van der Waals surface area contributed by atoms with E-state index in [1.165, 1.54) is 0 Å². The van der Waals surface area contributed by atoms with Crippen molar-refractivity contribution in [2.45, 2.75) is 25.7 Å². The van der Waals surface area contributed by atoms with Gasteiger partial charge < -0.3 is 4.90 Å². The number of aromatic nitrogens is 4. The Morgan fingerprint density at radius 1 is 0.818 bits per heavy atom. The first-order valence-corrected chi connectivity index (χ1v) is 12.4. The number of sulfonamides is 1. The van der Waals surface area contributed by atoms with Gasteiger partial charge in [-0.2, -0.15) is 4.31 Å². The van der Waals surface area contributed by atoms with Crippen LogP contribution in [0, 0.1) is 20.8 Å². The molecular formula is C24H26N6O2S. The van der Waals surface area contributed by atoms with E-state index in [-0.39, 0.29) is 0 Å². The van der Waals surface area contributed by atoms with Crippen molar-refractivity contribution in [2.75, 3.05) is 31.1 Å². The highest BCUT2D eigenvalue weighted by Gasteiger charge is 2.29. The number of benzene rings is 2. The quantitative estimate of drug-likeness (QED) is 0.463. The smallest absolute Gasteiger partial charge is 0.243 e. The molecule has 0 radical (unpaired) electrons. The van der Waals surface area contributed by atoms with Crippen molar-refractivity contribution in [2.24, 2.45) is 0 Å². The Hall–Kier alpha value is -3.30. The zero-order valence-corrected chi connectivity index (χ0v) is 19.7. The molecule has 0 atom stereocenters. The molecule has 0 amide bonds. The van der Waals surface area contributed by atoms with Gasteiger partial charge in [-0.05, 0) is 43.7 Å². The lowest BCUT2D eigenvalue weighted by Gasteiger charge is -2.34. The van der Waals surface area contributed by atoms with E-state index in [1.54, 1.807) is 22.8 Å². The van der Waals surface area contributed by atoms with Crippen LogP contribution in [0.5, 0.6) is 0 Å². The maximum atomic E-state index is 13.3. The summed E-state index contributed by atoms with van der Waals surface area (Å²) in [5.41, 5.74) is 1.99. The van der Waals surface area contributed by atoms with Crippen molar-refractivity contribution < 1.29 is 8.42 Å². The molecule has 170 valence electrons.